The summed E-state index contributed by atoms with van der Waals surface area (Å²) in [6.45, 7) is 3.08. The van der Waals surface area contributed by atoms with Gasteiger partial charge in [-0.1, -0.05) is 28.8 Å². The fourth-order valence-electron chi connectivity index (χ4n) is 4.56. The first kappa shape index (κ1) is 22.5. The lowest BCUT2D eigenvalue weighted by atomic mass is 9.81. The van der Waals surface area contributed by atoms with Gasteiger partial charge in [-0.15, -0.1) is 0 Å². The number of benzene rings is 1. The van der Waals surface area contributed by atoms with Crippen molar-refractivity contribution in [1.82, 2.24) is 4.90 Å². The predicted octanol–water partition coefficient (Wildman–Crippen LogP) is 3.98. The minimum Gasteiger partial charge on any atom is -0.460 e. The molecular formula is C23H24BrNO7. The van der Waals surface area contributed by atoms with Crippen LogP contribution in [-0.4, -0.2) is 41.3 Å². The number of halogens is 1. The molecule has 1 aliphatic carbocycles. The molecule has 1 saturated heterocycles. The van der Waals surface area contributed by atoms with Crippen molar-refractivity contribution in [3.63, 3.8) is 0 Å². The van der Waals surface area contributed by atoms with Gasteiger partial charge in [-0.05, 0) is 44.9 Å². The normalized spacial score (nSPS) is 21.5. The van der Waals surface area contributed by atoms with Crippen LogP contribution in [0.5, 0.6) is 0 Å². The largest absolute Gasteiger partial charge is 0.460 e. The van der Waals surface area contributed by atoms with Gasteiger partial charge < -0.3 is 13.9 Å². The maximum atomic E-state index is 12.8. The molecule has 1 aliphatic heterocycles. The molecule has 1 aromatic heterocycles. The number of furan rings is 1. The van der Waals surface area contributed by atoms with E-state index in [0.717, 1.165) is 22.2 Å². The van der Waals surface area contributed by atoms with Crippen molar-refractivity contribution in [3.05, 3.63) is 34.0 Å². The summed E-state index contributed by atoms with van der Waals surface area (Å²) in [6.07, 6.45) is 3.16. The molecule has 8 nitrogen and oxygen atoms in total. The molecule has 3 atom stereocenters. The van der Waals surface area contributed by atoms with Gasteiger partial charge in [0, 0.05) is 9.86 Å². The minimum absolute atomic E-state index is 0.0419. The third kappa shape index (κ3) is 3.94. The van der Waals surface area contributed by atoms with Gasteiger partial charge in [0.1, 0.15) is 18.2 Å². The number of ether oxygens (including phenoxy) is 2. The molecule has 0 spiro atoms. The van der Waals surface area contributed by atoms with Crippen molar-refractivity contribution < 1.29 is 33.1 Å². The molecule has 170 valence electrons. The highest BCUT2D eigenvalue weighted by Gasteiger charge is 2.51. The van der Waals surface area contributed by atoms with Gasteiger partial charge in [-0.3, -0.25) is 14.5 Å². The molecule has 0 N–H and O–H groups in total. The maximum absolute atomic E-state index is 12.8. The average molecular weight is 506 g/mol. The Bertz CT molecular complexity index is 1070. The van der Waals surface area contributed by atoms with Crippen molar-refractivity contribution >= 4 is 50.7 Å². The highest BCUT2D eigenvalue weighted by Crippen LogP contribution is 2.39. The summed E-state index contributed by atoms with van der Waals surface area (Å²) in [5.41, 5.74) is 0.817. The van der Waals surface area contributed by atoms with Crippen LogP contribution in [-0.2, 0) is 30.5 Å². The SMILES string of the molecule is CCOC(=O)c1oc2ccc(Br)cc2c1COC(=O)[C@H](C)N1C(=O)[C@H]2CCCC[C@@H]2C1=O. The number of hydrogen-bond donors (Lipinski definition) is 0. The molecule has 2 fully saturated rings. The van der Waals surface area contributed by atoms with E-state index in [1.807, 2.05) is 0 Å². The highest BCUT2D eigenvalue weighted by molar-refractivity contribution is 9.10. The van der Waals surface area contributed by atoms with Crippen LogP contribution in [0.4, 0.5) is 0 Å². The molecule has 0 unspecified atom stereocenters. The van der Waals surface area contributed by atoms with Gasteiger partial charge in [-0.25, -0.2) is 9.59 Å². The molecule has 4 rings (SSSR count). The molecule has 2 aliphatic rings. The zero-order chi connectivity index (χ0) is 23.0. The highest BCUT2D eigenvalue weighted by atomic mass is 79.9. The van der Waals surface area contributed by atoms with Gasteiger partial charge in [0.15, 0.2) is 0 Å². The van der Waals surface area contributed by atoms with Gasteiger partial charge in [-0.2, -0.15) is 0 Å². The summed E-state index contributed by atoms with van der Waals surface area (Å²) in [5.74, 6) is -2.69. The van der Waals surface area contributed by atoms with E-state index in [4.69, 9.17) is 13.9 Å². The zero-order valence-electron chi connectivity index (χ0n) is 17.9. The fourth-order valence-corrected chi connectivity index (χ4v) is 4.93. The number of esters is 2. The lowest BCUT2D eigenvalue weighted by Crippen LogP contribution is -2.44. The Morgan fingerprint density at radius 3 is 2.44 bits per heavy atom. The number of carbonyl (C=O) groups excluding carboxylic acids is 4. The molecule has 2 heterocycles. The Morgan fingerprint density at radius 2 is 1.81 bits per heavy atom. The van der Waals surface area contributed by atoms with Crippen LogP contribution < -0.4 is 0 Å². The van der Waals surface area contributed by atoms with E-state index in [1.165, 1.54) is 6.92 Å². The molecule has 1 aromatic carbocycles. The van der Waals surface area contributed by atoms with E-state index in [9.17, 15) is 19.2 Å². The summed E-state index contributed by atoms with van der Waals surface area (Å²) in [4.78, 5) is 51.8. The average Bonchev–Trinajstić information content (AvgIpc) is 3.26. The Kier molecular flexibility index (Phi) is 6.37. The van der Waals surface area contributed by atoms with E-state index in [-0.39, 0.29) is 42.6 Å². The lowest BCUT2D eigenvalue weighted by Gasteiger charge is -2.21. The number of nitrogens with zero attached hydrogens (tertiary/aromatic N) is 1. The van der Waals surface area contributed by atoms with Gasteiger partial charge >= 0.3 is 11.9 Å². The van der Waals surface area contributed by atoms with E-state index in [2.05, 4.69) is 15.9 Å². The minimum atomic E-state index is -1.04. The maximum Gasteiger partial charge on any atom is 0.374 e. The fraction of sp³-hybridized carbons (Fsp3) is 0.478. The smallest absolute Gasteiger partial charge is 0.374 e. The quantitative estimate of drug-likeness (QED) is 0.431. The number of amides is 2. The Hall–Kier alpha value is -2.68. The summed E-state index contributed by atoms with van der Waals surface area (Å²) in [5, 5.41) is 0.599. The molecule has 0 bridgehead atoms. The van der Waals surface area contributed by atoms with Gasteiger partial charge in [0.2, 0.25) is 17.6 Å². The van der Waals surface area contributed by atoms with Crippen molar-refractivity contribution in [1.29, 1.82) is 0 Å². The van der Waals surface area contributed by atoms with E-state index >= 15 is 0 Å². The number of rotatable bonds is 6. The first-order chi connectivity index (χ1) is 15.3. The van der Waals surface area contributed by atoms with Crippen molar-refractivity contribution in [2.24, 2.45) is 11.8 Å². The van der Waals surface area contributed by atoms with Crippen LogP contribution in [0, 0.1) is 11.8 Å². The standard InChI is InChI=1S/C23H24BrNO7/c1-3-30-23(29)19-17(16-10-13(24)8-9-18(16)32-19)11-31-22(28)12(2)25-20(26)14-6-4-5-7-15(14)21(25)27/h8-10,12,14-15H,3-7,11H2,1-2H3/t12-,14-,15-/m0/s1. The number of imide groups is 1. The Morgan fingerprint density at radius 1 is 1.16 bits per heavy atom. The van der Waals surface area contributed by atoms with Crippen LogP contribution in [0.1, 0.15) is 55.6 Å². The van der Waals surface area contributed by atoms with Gasteiger partial charge in [0.05, 0.1) is 24.0 Å². The third-order valence-corrected chi connectivity index (χ3v) is 6.67. The van der Waals surface area contributed by atoms with Crippen LogP contribution in [0.3, 0.4) is 0 Å². The van der Waals surface area contributed by atoms with Crippen LogP contribution >= 0.6 is 15.9 Å². The monoisotopic (exact) mass is 505 g/mol. The Balaban J connectivity index is 1.54. The molecule has 9 heteroatoms. The van der Waals surface area contributed by atoms with Crippen LogP contribution in [0.15, 0.2) is 27.1 Å². The number of carbonyl (C=O) groups is 4. The topological polar surface area (TPSA) is 103 Å². The molecule has 2 amide bonds. The second-order valence-electron chi connectivity index (χ2n) is 8.10. The summed E-state index contributed by atoms with van der Waals surface area (Å²) in [6, 6.07) is 4.17. The van der Waals surface area contributed by atoms with Crippen molar-refractivity contribution in [3.8, 4) is 0 Å². The molecule has 32 heavy (non-hydrogen) atoms. The summed E-state index contributed by atoms with van der Waals surface area (Å²) in [7, 11) is 0. The number of fused-ring (bicyclic) bond motifs is 2. The van der Waals surface area contributed by atoms with Crippen molar-refractivity contribution in [2.75, 3.05) is 6.61 Å². The summed E-state index contributed by atoms with van der Waals surface area (Å²) < 4.78 is 16.9. The number of hydrogen-bond acceptors (Lipinski definition) is 7. The Labute approximate surface area is 193 Å². The molecular weight excluding hydrogens is 482 g/mol. The lowest BCUT2D eigenvalue weighted by molar-refractivity contribution is -0.159. The van der Waals surface area contributed by atoms with Gasteiger partial charge in [0.25, 0.3) is 0 Å². The van der Waals surface area contributed by atoms with Crippen molar-refractivity contribution in [2.45, 2.75) is 52.2 Å². The number of likely N-dealkylation sites (tertiary alicyclic amines) is 1. The second-order valence-corrected chi connectivity index (χ2v) is 9.01. The van der Waals surface area contributed by atoms with Crippen LogP contribution in [0.25, 0.3) is 11.0 Å². The van der Waals surface area contributed by atoms with E-state index in [1.54, 1.807) is 25.1 Å². The molecule has 2 aromatic rings. The van der Waals surface area contributed by atoms with Crippen LogP contribution in [0.2, 0.25) is 0 Å². The third-order valence-electron chi connectivity index (χ3n) is 6.18. The first-order valence-electron chi connectivity index (χ1n) is 10.7. The second kappa shape index (κ2) is 9.05. The first-order valence-corrected chi connectivity index (χ1v) is 11.5. The molecule has 1 saturated carbocycles. The predicted molar refractivity (Wildman–Crippen MR) is 116 cm³/mol. The zero-order valence-corrected chi connectivity index (χ0v) is 19.5. The summed E-state index contributed by atoms with van der Waals surface area (Å²) >= 11 is 3.39. The van der Waals surface area contributed by atoms with E-state index < -0.39 is 18.0 Å². The molecule has 0 radical (unpaired) electrons. The van der Waals surface area contributed by atoms with E-state index in [0.29, 0.717) is 29.4 Å².